The zero-order chi connectivity index (χ0) is 18.8. The second-order valence-corrected chi connectivity index (χ2v) is 7.30. The molecule has 0 aliphatic carbocycles. The van der Waals surface area contributed by atoms with Crippen molar-refractivity contribution in [1.29, 1.82) is 0 Å². The molecule has 6 nitrogen and oxygen atoms in total. The Morgan fingerprint density at radius 3 is 2.85 bits per heavy atom. The van der Waals surface area contributed by atoms with Crippen molar-refractivity contribution in [3.05, 3.63) is 59.2 Å². The van der Waals surface area contributed by atoms with E-state index in [4.69, 9.17) is 0 Å². The Kier molecular flexibility index (Phi) is 4.68. The Morgan fingerprint density at radius 1 is 1.22 bits per heavy atom. The molecule has 0 unspecified atom stereocenters. The molecular formula is C20H18N4O2S. The summed E-state index contributed by atoms with van der Waals surface area (Å²) in [6.45, 7) is 2.54. The van der Waals surface area contributed by atoms with Gasteiger partial charge in [-0.15, -0.1) is 11.3 Å². The van der Waals surface area contributed by atoms with Gasteiger partial charge in [0.15, 0.2) is 0 Å². The third kappa shape index (κ3) is 3.59. The summed E-state index contributed by atoms with van der Waals surface area (Å²) in [7, 11) is 0. The van der Waals surface area contributed by atoms with E-state index < -0.39 is 0 Å². The fourth-order valence-electron chi connectivity index (χ4n) is 3.07. The van der Waals surface area contributed by atoms with E-state index in [0.29, 0.717) is 22.7 Å². The highest BCUT2D eigenvalue weighted by Crippen LogP contribution is 2.28. The molecule has 1 N–H and O–H groups in total. The van der Waals surface area contributed by atoms with Gasteiger partial charge in [0.2, 0.25) is 5.91 Å². The van der Waals surface area contributed by atoms with Crippen LogP contribution in [0.2, 0.25) is 0 Å². The lowest BCUT2D eigenvalue weighted by Crippen LogP contribution is -2.23. The molecule has 1 aromatic carbocycles. The quantitative estimate of drug-likeness (QED) is 0.747. The standard InChI is InChI=1S/C20H18N4O2S/c1-13-18(27-20(22-13)16-8-2-3-10-21-16)19(26)23-14-6-4-7-15(12-14)24-11-5-9-17(24)25/h2-4,6-8,10,12H,5,9,11H2,1H3,(H,23,26). The van der Waals surface area contributed by atoms with Crippen LogP contribution in [0.15, 0.2) is 48.7 Å². The molecule has 0 spiro atoms. The molecule has 27 heavy (non-hydrogen) atoms. The number of aryl methyl sites for hydroxylation is 1. The number of carbonyl (C=O) groups is 2. The lowest BCUT2D eigenvalue weighted by atomic mass is 10.2. The molecule has 0 atom stereocenters. The third-order valence-corrected chi connectivity index (χ3v) is 5.55. The molecule has 1 aliphatic rings. The van der Waals surface area contributed by atoms with Crippen molar-refractivity contribution >= 4 is 34.5 Å². The predicted molar refractivity (Wildman–Crippen MR) is 106 cm³/mol. The molecule has 7 heteroatoms. The van der Waals surface area contributed by atoms with E-state index in [1.54, 1.807) is 11.1 Å². The van der Waals surface area contributed by atoms with Crippen LogP contribution in [0, 0.1) is 6.92 Å². The van der Waals surface area contributed by atoms with Crippen LogP contribution in [0.4, 0.5) is 11.4 Å². The van der Waals surface area contributed by atoms with Crippen LogP contribution in [-0.4, -0.2) is 28.3 Å². The number of amides is 2. The van der Waals surface area contributed by atoms with E-state index in [-0.39, 0.29) is 11.8 Å². The molecule has 0 radical (unpaired) electrons. The van der Waals surface area contributed by atoms with Crippen molar-refractivity contribution in [3.8, 4) is 10.7 Å². The van der Waals surface area contributed by atoms with E-state index in [1.165, 1.54) is 11.3 Å². The van der Waals surface area contributed by atoms with E-state index >= 15 is 0 Å². The zero-order valence-electron chi connectivity index (χ0n) is 14.8. The van der Waals surface area contributed by atoms with Gasteiger partial charge in [0.1, 0.15) is 9.88 Å². The van der Waals surface area contributed by atoms with Crippen LogP contribution < -0.4 is 10.2 Å². The number of thiazole rings is 1. The number of pyridine rings is 1. The summed E-state index contributed by atoms with van der Waals surface area (Å²) in [6.07, 6.45) is 3.15. The third-order valence-electron chi connectivity index (χ3n) is 4.38. The SMILES string of the molecule is Cc1nc(-c2ccccn2)sc1C(=O)Nc1cccc(N2CCCC2=O)c1. The largest absolute Gasteiger partial charge is 0.321 e. The van der Waals surface area contributed by atoms with Crippen molar-refractivity contribution in [2.45, 2.75) is 19.8 Å². The summed E-state index contributed by atoms with van der Waals surface area (Å²) in [5.41, 5.74) is 2.89. The van der Waals surface area contributed by atoms with E-state index in [2.05, 4.69) is 15.3 Å². The predicted octanol–water partition coefficient (Wildman–Crippen LogP) is 3.89. The summed E-state index contributed by atoms with van der Waals surface area (Å²) in [4.78, 5) is 35.7. The van der Waals surface area contributed by atoms with Crippen LogP contribution in [0.1, 0.15) is 28.2 Å². The first-order valence-electron chi connectivity index (χ1n) is 8.72. The minimum Gasteiger partial charge on any atom is -0.321 e. The summed E-state index contributed by atoms with van der Waals surface area (Å²) in [6, 6.07) is 13.0. The van der Waals surface area contributed by atoms with E-state index in [0.717, 1.165) is 29.4 Å². The van der Waals surface area contributed by atoms with Gasteiger partial charge in [-0.05, 0) is 43.7 Å². The molecular weight excluding hydrogens is 360 g/mol. The number of anilines is 2. The van der Waals surface area contributed by atoms with Gasteiger partial charge in [0, 0.05) is 30.5 Å². The van der Waals surface area contributed by atoms with Gasteiger partial charge in [-0.25, -0.2) is 4.98 Å². The van der Waals surface area contributed by atoms with Gasteiger partial charge in [-0.3, -0.25) is 14.6 Å². The number of hydrogen-bond acceptors (Lipinski definition) is 5. The van der Waals surface area contributed by atoms with Crippen LogP contribution in [-0.2, 0) is 4.79 Å². The Morgan fingerprint density at radius 2 is 2.11 bits per heavy atom. The minimum atomic E-state index is -0.211. The van der Waals surface area contributed by atoms with Crippen LogP contribution in [0.25, 0.3) is 10.7 Å². The highest BCUT2D eigenvalue weighted by Gasteiger charge is 2.22. The molecule has 2 aromatic heterocycles. The summed E-state index contributed by atoms with van der Waals surface area (Å²) < 4.78 is 0. The van der Waals surface area contributed by atoms with Gasteiger partial charge >= 0.3 is 0 Å². The average molecular weight is 378 g/mol. The Hall–Kier alpha value is -3.06. The maximum absolute atomic E-state index is 12.7. The van der Waals surface area contributed by atoms with Crippen LogP contribution in [0.5, 0.6) is 0 Å². The summed E-state index contributed by atoms with van der Waals surface area (Å²) >= 11 is 1.32. The topological polar surface area (TPSA) is 75.2 Å². The molecule has 136 valence electrons. The second-order valence-electron chi connectivity index (χ2n) is 6.30. The van der Waals surface area contributed by atoms with Crippen molar-refractivity contribution in [2.75, 3.05) is 16.8 Å². The number of aromatic nitrogens is 2. The normalized spacial score (nSPS) is 13.8. The monoisotopic (exact) mass is 378 g/mol. The Labute approximate surface area is 160 Å². The van der Waals surface area contributed by atoms with E-state index in [9.17, 15) is 9.59 Å². The summed E-state index contributed by atoms with van der Waals surface area (Å²) in [5, 5.41) is 3.63. The molecule has 1 fully saturated rings. The number of benzene rings is 1. The van der Waals surface area contributed by atoms with E-state index in [1.807, 2.05) is 49.4 Å². The van der Waals surface area contributed by atoms with Crippen LogP contribution in [0.3, 0.4) is 0 Å². The van der Waals surface area contributed by atoms with Crippen LogP contribution >= 0.6 is 11.3 Å². The maximum atomic E-state index is 12.7. The van der Waals surface area contributed by atoms with Gasteiger partial charge in [-0.2, -0.15) is 0 Å². The molecule has 1 saturated heterocycles. The highest BCUT2D eigenvalue weighted by molar-refractivity contribution is 7.17. The first kappa shape index (κ1) is 17.4. The van der Waals surface area contributed by atoms with Gasteiger partial charge in [-0.1, -0.05) is 12.1 Å². The second kappa shape index (κ2) is 7.28. The van der Waals surface area contributed by atoms with Crippen molar-refractivity contribution in [1.82, 2.24) is 9.97 Å². The Balaban J connectivity index is 1.55. The first-order chi connectivity index (χ1) is 13.1. The number of nitrogens with one attached hydrogen (secondary N) is 1. The molecule has 0 saturated carbocycles. The molecule has 3 aromatic rings. The number of nitrogens with zero attached hydrogens (tertiary/aromatic N) is 3. The number of rotatable bonds is 4. The molecule has 4 rings (SSSR count). The smallest absolute Gasteiger partial charge is 0.267 e. The minimum absolute atomic E-state index is 0.122. The first-order valence-corrected chi connectivity index (χ1v) is 9.54. The van der Waals surface area contributed by atoms with Crippen molar-refractivity contribution < 1.29 is 9.59 Å². The van der Waals surface area contributed by atoms with Gasteiger partial charge in [0.25, 0.3) is 5.91 Å². The zero-order valence-corrected chi connectivity index (χ0v) is 15.6. The van der Waals surface area contributed by atoms with Gasteiger partial charge in [0.05, 0.1) is 11.4 Å². The molecule has 1 aliphatic heterocycles. The lowest BCUT2D eigenvalue weighted by molar-refractivity contribution is -0.117. The Bertz CT molecular complexity index is 1000. The molecule has 3 heterocycles. The number of hydrogen-bond donors (Lipinski definition) is 1. The van der Waals surface area contributed by atoms with Gasteiger partial charge < -0.3 is 10.2 Å². The average Bonchev–Trinajstić information content (AvgIpc) is 3.28. The van der Waals surface area contributed by atoms with Crippen molar-refractivity contribution in [3.63, 3.8) is 0 Å². The maximum Gasteiger partial charge on any atom is 0.267 e. The lowest BCUT2D eigenvalue weighted by Gasteiger charge is -2.16. The fraction of sp³-hybridized carbons (Fsp3) is 0.200. The van der Waals surface area contributed by atoms with Crippen molar-refractivity contribution in [2.24, 2.45) is 0 Å². The number of carbonyl (C=O) groups excluding carboxylic acids is 2. The molecule has 2 amide bonds. The molecule has 0 bridgehead atoms. The fourth-order valence-corrected chi connectivity index (χ4v) is 4.00. The highest BCUT2D eigenvalue weighted by atomic mass is 32.1. The summed E-state index contributed by atoms with van der Waals surface area (Å²) in [5.74, 6) is -0.0890.